The molecule has 3 nitrogen and oxygen atoms in total. The largest absolute Gasteiger partial charge is 0.378 e. The molecule has 0 aromatic carbocycles. The van der Waals surface area contributed by atoms with Crippen molar-refractivity contribution in [2.45, 2.75) is 0 Å². The highest BCUT2D eigenvalue weighted by Crippen LogP contribution is 1.93. The Balaban J connectivity index is 2.85. The molecular formula is C6H9N3S. The summed E-state index contributed by atoms with van der Waals surface area (Å²) in [7, 11) is 3.65. The minimum absolute atomic E-state index is 0.681. The van der Waals surface area contributed by atoms with Crippen molar-refractivity contribution in [3.63, 3.8) is 0 Å². The minimum atomic E-state index is 0.681. The van der Waals surface area contributed by atoms with Crippen molar-refractivity contribution in [3.05, 3.63) is 18.0 Å². The van der Waals surface area contributed by atoms with Crippen LogP contribution in [0.3, 0.4) is 0 Å². The van der Waals surface area contributed by atoms with E-state index >= 15 is 0 Å². The van der Waals surface area contributed by atoms with Crippen LogP contribution in [0, 0.1) is 0 Å². The van der Waals surface area contributed by atoms with E-state index in [4.69, 9.17) is 12.2 Å². The summed E-state index contributed by atoms with van der Waals surface area (Å²) in [4.78, 5) is 0.681. The Morgan fingerprint density at radius 1 is 1.80 bits per heavy atom. The number of rotatable bonds is 1. The highest BCUT2D eigenvalue weighted by atomic mass is 32.1. The van der Waals surface area contributed by atoms with Gasteiger partial charge in [0.1, 0.15) is 10.7 Å². The van der Waals surface area contributed by atoms with E-state index in [1.54, 1.807) is 11.7 Å². The molecule has 0 unspecified atom stereocenters. The number of aromatic nitrogens is 2. The third-order valence-corrected chi connectivity index (χ3v) is 1.59. The first-order valence-electron chi connectivity index (χ1n) is 2.96. The van der Waals surface area contributed by atoms with E-state index in [0.717, 1.165) is 5.69 Å². The number of aryl methyl sites for hydroxylation is 1. The van der Waals surface area contributed by atoms with Gasteiger partial charge in [-0.3, -0.25) is 4.68 Å². The summed E-state index contributed by atoms with van der Waals surface area (Å²) in [6.45, 7) is 0. The van der Waals surface area contributed by atoms with E-state index in [9.17, 15) is 0 Å². The molecule has 0 atom stereocenters. The van der Waals surface area contributed by atoms with Crippen LogP contribution < -0.4 is 5.32 Å². The van der Waals surface area contributed by atoms with Crippen LogP contribution in [-0.4, -0.2) is 21.8 Å². The highest BCUT2D eigenvalue weighted by Gasteiger charge is 1.99. The Labute approximate surface area is 65.0 Å². The molecule has 0 radical (unpaired) electrons. The maximum atomic E-state index is 4.95. The first kappa shape index (κ1) is 7.21. The van der Waals surface area contributed by atoms with Crippen molar-refractivity contribution in [1.29, 1.82) is 0 Å². The normalized spacial score (nSPS) is 9.40. The Bertz CT molecular complexity index is 241. The topological polar surface area (TPSA) is 29.9 Å². The molecule has 0 aliphatic heterocycles. The number of nitrogens with one attached hydrogen (secondary N) is 1. The molecule has 1 heterocycles. The Morgan fingerprint density at radius 2 is 2.50 bits per heavy atom. The van der Waals surface area contributed by atoms with Gasteiger partial charge in [-0.15, -0.1) is 0 Å². The second-order valence-corrected chi connectivity index (χ2v) is 2.36. The predicted octanol–water partition coefficient (Wildman–Crippen LogP) is 0.315. The first-order valence-corrected chi connectivity index (χ1v) is 3.36. The molecule has 0 spiro atoms. The second kappa shape index (κ2) is 2.79. The number of hydrogen-bond donors (Lipinski definition) is 1. The molecule has 10 heavy (non-hydrogen) atoms. The molecule has 54 valence electrons. The number of hydrogen-bond acceptors (Lipinski definition) is 2. The van der Waals surface area contributed by atoms with Crippen molar-refractivity contribution in [1.82, 2.24) is 15.1 Å². The van der Waals surface area contributed by atoms with Gasteiger partial charge in [-0.25, -0.2) is 0 Å². The molecule has 0 fully saturated rings. The number of thiocarbonyl (C=S) groups is 1. The lowest BCUT2D eigenvalue weighted by Crippen LogP contribution is -2.17. The van der Waals surface area contributed by atoms with Gasteiger partial charge in [-0.2, -0.15) is 5.10 Å². The fourth-order valence-electron chi connectivity index (χ4n) is 0.664. The summed E-state index contributed by atoms with van der Waals surface area (Å²) >= 11 is 4.95. The summed E-state index contributed by atoms with van der Waals surface area (Å²) in [5, 5.41) is 6.94. The van der Waals surface area contributed by atoms with Gasteiger partial charge in [0.25, 0.3) is 0 Å². The fourth-order valence-corrected chi connectivity index (χ4v) is 0.773. The van der Waals surface area contributed by atoms with Crippen molar-refractivity contribution >= 4 is 17.2 Å². The lowest BCUT2D eigenvalue weighted by Gasteiger charge is -1.94. The van der Waals surface area contributed by atoms with Gasteiger partial charge >= 0.3 is 0 Å². The van der Waals surface area contributed by atoms with Gasteiger partial charge in [0, 0.05) is 20.3 Å². The third kappa shape index (κ3) is 1.33. The standard InChI is InChI=1S/C6H9N3S/c1-7-6(10)5-3-4-9(2)8-5/h3-4H,1-2H3,(H,7,10). The lowest BCUT2D eigenvalue weighted by atomic mass is 10.4. The Kier molecular flexibility index (Phi) is 2.01. The van der Waals surface area contributed by atoms with E-state index < -0.39 is 0 Å². The van der Waals surface area contributed by atoms with Crippen LogP contribution in [0.25, 0.3) is 0 Å². The monoisotopic (exact) mass is 155 g/mol. The Hall–Kier alpha value is -0.900. The molecule has 0 saturated heterocycles. The minimum Gasteiger partial charge on any atom is -0.378 e. The van der Waals surface area contributed by atoms with E-state index in [1.165, 1.54) is 0 Å². The van der Waals surface area contributed by atoms with Crippen LogP contribution in [0.5, 0.6) is 0 Å². The molecule has 1 N–H and O–H groups in total. The van der Waals surface area contributed by atoms with E-state index in [-0.39, 0.29) is 0 Å². The van der Waals surface area contributed by atoms with E-state index in [1.807, 2.05) is 19.3 Å². The predicted molar refractivity (Wildman–Crippen MR) is 44.0 cm³/mol. The van der Waals surface area contributed by atoms with Crippen molar-refractivity contribution in [3.8, 4) is 0 Å². The van der Waals surface area contributed by atoms with Crippen LogP contribution in [0.2, 0.25) is 0 Å². The van der Waals surface area contributed by atoms with Crippen molar-refractivity contribution < 1.29 is 0 Å². The van der Waals surface area contributed by atoms with Crippen LogP contribution in [0.1, 0.15) is 5.69 Å². The summed E-state index contributed by atoms with van der Waals surface area (Å²) in [5.41, 5.74) is 0.819. The third-order valence-electron chi connectivity index (χ3n) is 1.17. The molecule has 1 rings (SSSR count). The highest BCUT2D eigenvalue weighted by molar-refractivity contribution is 7.80. The van der Waals surface area contributed by atoms with Gasteiger partial charge in [0.05, 0.1) is 0 Å². The first-order chi connectivity index (χ1) is 4.74. The van der Waals surface area contributed by atoms with Gasteiger partial charge in [0.15, 0.2) is 0 Å². The van der Waals surface area contributed by atoms with Crippen LogP contribution in [0.15, 0.2) is 12.3 Å². The molecule has 0 amide bonds. The molecule has 0 saturated carbocycles. The van der Waals surface area contributed by atoms with Crippen molar-refractivity contribution in [2.24, 2.45) is 7.05 Å². The SMILES string of the molecule is CNC(=S)c1ccn(C)n1. The average Bonchev–Trinajstić information content (AvgIpc) is 2.34. The molecule has 0 aliphatic rings. The maximum Gasteiger partial charge on any atom is 0.126 e. The zero-order valence-electron chi connectivity index (χ0n) is 5.96. The Morgan fingerprint density at radius 3 is 2.90 bits per heavy atom. The van der Waals surface area contributed by atoms with E-state index in [0.29, 0.717) is 4.99 Å². The smallest absolute Gasteiger partial charge is 0.126 e. The van der Waals surface area contributed by atoms with Crippen LogP contribution in [-0.2, 0) is 7.05 Å². The van der Waals surface area contributed by atoms with Gasteiger partial charge in [-0.05, 0) is 6.07 Å². The molecular weight excluding hydrogens is 146 g/mol. The van der Waals surface area contributed by atoms with Crippen molar-refractivity contribution in [2.75, 3.05) is 7.05 Å². The second-order valence-electron chi connectivity index (χ2n) is 1.95. The van der Waals surface area contributed by atoms with Gasteiger partial charge in [-0.1, -0.05) is 12.2 Å². The quantitative estimate of drug-likeness (QED) is 0.592. The summed E-state index contributed by atoms with van der Waals surface area (Å²) in [5.74, 6) is 0. The summed E-state index contributed by atoms with van der Waals surface area (Å²) in [6.07, 6.45) is 1.86. The number of nitrogens with zero attached hydrogens (tertiary/aromatic N) is 2. The molecule has 0 bridgehead atoms. The van der Waals surface area contributed by atoms with Crippen LogP contribution in [0.4, 0.5) is 0 Å². The lowest BCUT2D eigenvalue weighted by molar-refractivity contribution is 0.764. The van der Waals surface area contributed by atoms with Gasteiger partial charge < -0.3 is 5.32 Å². The average molecular weight is 155 g/mol. The molecule has 0 aliphatic carbocycles. The summed E-state index contributed by atoms with van der Waals surface area (Å²) in [6, 6.07) is 1.87. The molecule has 1 aromatic heterocycles. The van der Waals surface area contributed by atoms with E-state index in [2.05, 4.69) is 10.4 Å². The molecule has 1 aromatic rings. The summed E-state index contributed by atoms with van der Waals surface area (Å²) < 4.78 is 1.72. The molecule has 4 heteroatoms. The zero-order chi connectivity index (χ0) is 7.56. The fraction of sp³-hybridized carbons (Fsp3) is 0.333. The maximum absolute atomic E-state index is 4.95. The zero-order valence-corrected chi connectivity index (χ0v) is 6.77. The van der Waals surface area contributed by atoms with Crippen LogP contribution >= 0.6 is 12.2 Å². The van der Waals surface area contributed by atoms with Gasteiger partial charge in [0.2, 0.25) is 0 Å².